The van der Waals surface area contributed by atoms with Gasteiger partial charge < -0.3 is 14.3 Å². The van der Waals surface area contributed by atoms with E-state index in [9.17, 15) is 8.42 Å². The topological polar surface area (TPSA) is 83.8 Å². The molecular formula is C11H22NO5S+. The zero-order chi connectivity index (χ0) is 14.1. The molecule has 106 valence electrons. The second kappa shape index (κ2) is 8.45. The van der Waals surface area contributed by atoms with Crippen molar-refractivity contribution in [2.24, 2.45) is 0 Å². The summed E-state index contributed by atoms with van der Waals surface area (Å²) in [6.45, 7) is 1.74. The van der Waals surface area contributed by atoms with E-state index in [1.165, 1.54) is 0 Å². The number of quaternary nitrogens is 1. The predicted octanol–water partition coefficient (Wildman–Crippen LogP) is -0.647. The number of ether oxygens (including phenoxy) is 1. The molecule has 0 aromatic heterocycles. The normalized spacial score (nSPS) is 12.0. The largest absolute Gasteiger partial charge is 0.394 e. The van der Waals surface area contributed by atoms with E-state index in [-0.39, 0.29) is 25.6 Å². The van der Waals surface area contributed by atoms with Gasteiger partial charge in [-0.3, -0.25) is 4.55 Å². The van der Waals surface area contributed by atoms with Crippen LogP contribution in [0.1, 0.15) is 6.42 Å². The SMILES string of the molecule is C[N+](C)(CC#CCOCCO)CCCS(=O)(=O)O. The fraction of sp³-hybridized carbons (Fsp3) is 0.818. The molecule has 0 rings (SSSR count). The van der Waals surface area contributed by atoms with Crippen LogP contribution in [0, 0.1) is 11.8 Å². The third kappa shape index (κ3) is 11.8. The molecule has 0 radical (unpaired) electrons. The Morgan fingerprint density at radius 2 is 1.94 bits per heavy atom. The van der Waals surface area contributed by atoms with Crippen molar-refractivity contribution in [1.29, 1.82) is 0 Å². The Labute approximate surface area is 109 Å². The molecule has 0 spiro atoms. The first-order valence-corrected chi connectivity index (χ1v) is 7.29. The first-order chi connectivity index (χ1) is 8.27. The van der Waals surface area contributed by atoms with Crippen LogP contribution in [-0.2, 0) is 14.9 Å². The molecule has 7 heteroatoms. The van der Waals surface area contributed by atoms with Gasteiger partial charge in [0.2, 0.25) is 0 Å². The zero-order valence-corrected chi connectivity index (χ0v) is 11.7. The highest BCUT2D eigenvalue weighted by molar-refractivity contribution is 7.85. The molecule has 0 heterocycles. The van der Waals surface area contributed by atoms with Gasteiger partial charge in [-0.1, -0.05) is 5.92 Å². The van der Waals surface area contributed by atoms with Crippen LogP contribution in [-0.4, -0.2) is 75.3 Å². The summed E-state index contributed by atoms with van der Waals surface area (Å²) in [6.07, 6.45) is 0.397. The van der Waals surface area contributed by atoms with Crippen molar-refractivity contribution >= 4 is 10.1 Å². The second-order valence-electron chi connectivity index (χ2n) is 4.59. The highest BCUT2D eigenvalue weighted by Gasteiger charge is 2.14. The minimum Gasteiger partial charge on any atom is -0.394 e. The highest BCUT2D eigenvalue weighted by atomic mass is 32.2. The van der Waals surface area contributed by atoms with Crippen LogP contribution in [0.4, 0.5) is 0 Å². The molecule has 0 saturated carbocycles. The first kappa shape index (κ1) is 17.4. The van der Waals surface area contributed by atoms with Gasteiger partial charge in [0.15, 0.2) is 0 Å². The van der Waals surface area contributed by atoms with Crippen LogP contribution < -0.4 is 0 Å². The summed E-state index contributed by atoms with van der Waals surface area (Å²) in [4.78, 5) is 0. The van der Waals surface area contributed by atoms with Crippen molar-refractivity contribution in [1.82, 2.24) is 0 Å². The molecular weight excluding hydrogens is 258 g/mol. The molecule has 18 heavy (non-hydrogen) atoms. The smallest absolute Gasteiger partial charge is 0.265 e. The maximum Gasteiger partial charge on any atom is 0.265 e. The molecule has 0 saturated heterocycles. The average molecular weight is 280 g/mol. The van der Waals surface area contributed by atoms with E-state index in [2.05, 4.69) is 11.8 Å². The lowest BCUT2D eigenvalue weighted by Gasteiger charge is -2.27. The monoisotopic (exact) mass is 280 g/mol. The number of aliphatic hydroxyl groups excluding tert-OH is 1. The van der Waals surface area contributed by atoms with Gasteiger partial charge >= 0.3 is 0 Å². The fourth-order valence-electron chi connectivity index (χ4n) is 1.26. The summed E-state index contributed by atoms with van der Waals surface area (Å²) in [7, 11) is 0.00380. The Morgan fingerprint density at radius 1 is 1.28 bits per heavy atom. The number of hydrogen-bond donors (Lipinski definition) is 2. The van der Waals surface area contributed by atoms with Crippen molar-refractivity contribution in [3.8, 4) is 11.8 Å². The summed E-state index contributed by atoms with van der Waals surface area (Å²) in [5.41, 5.74) is 0. The number of aliphatic hydroxyl groups is 1. The average Bonchev–Trinajstić information content (AvgIpc) is 2.21. The maximum atomic E-state index is 10.6. The van der Waals surface area contributed by atoms with Gasteiger partial charge in [-0.2, -0.15) is 8.42 Å². The van der Waals surface area contributed by atoms with Gasteiger partial charge in [0.1, 0.15) is 13.2 Å². The van der Waals surface area contributed by atoms with E-state index < -0.39 is 10.1 Å². The highest BCUT2D eigenvalue weighted by Crippen LogP contribution is 2.00. The molecule has 0 aliphatic carbocycles. The summed E-state index contributed by atoms with van der Waals surface area (Å²) < 4.78 is 35.3. The Hall–Kier alpha value is -0.650. The first-order valence-electron chi connectivity index (χ1n) is 5.68. The van der Waals surface area contributed by atoms with Gasteiger partial charge in [0.05, 0.1) is 39.6 Å². The van der Waals surface area contributed by atoms with E-state index in [0.29, 0.717) is 24.0 Å². The molecule has 0 fully saturated rings. The number of hydrogen-bond acceptors (Lipinski definition) is 4. The minimum absolute atomic E-state index is 0.0150. The van der Waals surface area contributed by atoms with Crippen LogP contribution in [0.25, 0.3) is 0 Å². The Bertz CT molecular complexity index is 380. The molecule has 0 aliphatic heterocycles. The van der Waals surface area contributed by atoms with E-state index in [4.69, 9.17) is 14.4 Å². The van der Waals surface area contributed by atoms with Gasteiger partial charge in [-0.25, -0.2) is 0 Å². The van der Waals surface area contributed by atoms with Gasteiger partial charge in [-0.15, -0.1) is 0 Å². The quantitative estimate of drug-likeness (QED) is 0.267. The van der Waals surface area contributed by atoms with Crippen molar-refractivity contribution in [3.05, 3.63) is 0 Å². The van der Waals surface area contributed by atoms with E-state index in [1.54, 1.807) is 0 Å². The Kier molecular flexibility index (Phi) is 8.15. The molecule has 0 amide bonds. The number of nitrogens with zero attached hydrogens (tertiary/aromatic N) is 1. The molecule has 0 unspecified atom stereocenters. The number of rotatable bonds is 8. The standard InChI is InChI=1S/C11H21NO5S/c1-12(2,7-5-11-18(14,15)16)6-3-4-9-17-10-8-13/h13H,5-11H2,1-2H3/p+1. The molecule has 2 N–H and O–H groups in total. The second-order valence-corrected chi connectivity index (χ2v) is 6.16. The van der Waals surface area contributed by atoms with Crippen molar-refractivity contribution in [2.45, 2.75) is 6.42 Å². The molecule has 0 aromatic carbocycles. The zero-order valence-electron chi connectivity index (χ0n) is 10.9. The van der Waals surface area contributed by atoms with Gasteiger partial charge in [0, 0.05) is 6.42 Å². The lowest BCUT2D eigenvalue weighted by Crippen LogP contribution is -2.41. The Balaban J connectivity index is 3.85. The third-order valence-electron chi connectivity index (χ3n) is 2.21. The predicted molar refractivity (Wildman–Crippen MR) is 68.6 cm³/mol. The molecule has 0 aliphatic rings. The summed E-state index contributed by atoms with van der Waals surface area (Å²) in [5, 5.41) is 8.47. The molecule has 6 nitrogen and oxygen atoms in total. The van der Waals surface area contributed by atoms with Crippen LogP contribution in [0.5, 0.6) is 0 Å². The van der Waals surface area contributed by atoms with Crippen molar-refractivity contribution in [3.63, 3.8) is 0 Å². The van der Waals surface area contributed by atoms with Gasteiger partial charge in [-0.05, 0) is 5.92 Å². The lowest BCUT2D eigenvalue weighted by atomic mass is 10.3. The summed E-state index contributed by atoms with van der Waals surface area (Å²) >= 11 is 0. The van der Waals surface area contributed by atoms with Crippen LogP contribution >= 0.6 is 0 Å². The summed E-state index contributed by atoms with van der Waals surface area (Å²) in [5.74, 6) is 5.53. The van der Waals surface area contributed by atoms with Crippen LogP contribution in [0.15, 0.2) is 0 Å². The fourth-order valence-corrected chi connectivity index (χ4v) is 1.76. The molecule has 0 aromatic rings. The van der Waals surface area contributed by atoms with E-state index in [1.807, 2.05) is 14.1 Å². The van der Waals surface area contributed by atoms with Crippen molar-refractivity contribution in [2.75, 3.05) is 52.8 Å². The van der Waals surface area contributed by atoms with Gasteiger partial charge in [0.25, 0.3) is 10.1 Å². The minimum atomic E-state index is -3.87. The van der Waals surface area contributed by atoms with Crippen LogP contribution in [0.3, 0.4) is 0 Å². The van der Waals surface area contributed by atoms with Crippen LogP contribution in [0.2, 0.25) is 0 Å². The summed E-state index contributed by atoms with van der Waals surface area (Å²) in [6, 6.07) is 0. The lowest BCUT2D eigenvalue weighted by molar-refractivity contribution is -0.883. The third-order valence-corrected chi connectivity index (χ3v) is 3.01. The molecule has 0 bridgehead atoms. The molecule has 0 atom stereocenters. The van der Waals surface area contributed by atoms with E-state index >= 15 is 0 Å². The Morgan fingerprint density at radius 3 is 2.50 bits per heavy atom. The maximum absolute atomic E-state index is 10.6. The van der Waals surface area contributed by atoms with E-state index in [0.717, 1.165) is 0 Å². The van der Waals surface area contributed by atoms with Crippen molar-refractivity contribution < 1.29 is 27.3 Å².